The van der Waals surface area contributed by atoms with Gasteiger partial charge in [-0.3, -0.25) is 9.29 Å². The van der Waals surface area contributed by atoms with Crippen LogP contribution >= 0.6 is 15.9 Å². The molecule has 0 aliphatic carbocycles. The third kappa shape index (κ3) is 5.95. The van der Waals surface area contributed by atoms with Crippen molar-refractivity contribution in [3.05, 3.63) is 65.4 Å². The van der Waals surface area contributed by atoms with Crippen LogP contribution in [-0.4, -0.2) is 38.2 Å². The molecule has 0 atom stereocenters. The Labute approximate surface area is 190 Å². The monoisotopic (exact) mass is 505 g/mol. The number of amides is 1. The number of anilines is 1. The summed E-state index contributed by atoms with van der Waals surface area (Å²) in [6.45, 7) is 5.35. The van der Waals surface area contributed by atoms with Gasteiger partial charge >= 0.3 is 6.09 Å². The molecular weight excluding hydrogens is 482 g/mol. The molecule has 7 nitrogen and oxygen atoms in total. The molecule has 0 radical (unpaired) electrons. The highest BCUT2D eigenvalue weighted by Crippen LogP contribution is 2.27. The number of nitrogens with one attached hydrogen (secondary N) is 1. The molecule has 31 heavy (non-hydrogen) atoms. The van der Waals surface area contributed by atoms with E-state index in [4.69, 9.17) is 4.74 Å². The first-order valence-electron chi connectivity index (χ1n) is 9.65. The fourth-order valence-corrected chi connectivity index (χ4v) is 4.79. The summed E-state index contributed by atoms with van der Waals surface area (Å²) in [7, 11) is -3.92. The molecule has 1 heterocycles. The molecule has 9 heteroatoms. The maximum atomic E-state index is 13.5. The minimum Gasteiger partial charge on any atom is -0.444 e. The van der Waals surface area contributed by atoms with Crippen LogP contribution < -0.4 is 9.62 Å². The van der Waals surface area contributed by atoms with Crippen LogP contribution in [0, 0.1) is 0 Å². The maximum Gasteiger partial charge on any atom is 0.407 e. The second-order valence-electron chi connectivity index (χ2n) is 7.88. The molecule has 0 saturated heterocycles. The Morgan fingerprint density at radius 1 is 1.10 bits per heavy atom. The van der Waals surface area contributed by atoms with Gasteiger partial charge in [-0.1, -0.05) is 30.3 Å². The zero-order valence-corrected chi connectivity index (χ0v) is 19.9. The zero-order chi connectivity index (χ0) is 22.6. The Morgan fingerprint density at radius 3 is 2.48 bits per heavy atom. The van der Waals surface area contributed by atoms with Crippen molar-refractivity contribution in [3.63, 3.8) is 0 Å². The number of hydrogen-bond acceptors (Lipinski definition) is 5. The molecule has 1 amide bonds. The lowest BCUT2D eigenvalue weighted by molar-refractivity contribution is 0.0529. The van der Waals surface area contributed by atoms with Crippen molar-refractivity contribution < 1.29 is 17.9 Å². The fourth-order valence-electron chi connectivity index (χ4n) is 2.95. The van der Waals surface area contributed by atoms with Gasteiger partial charge in [-0.15, -0.1) is 0 Å². The van der Waals surface area contributed by atoms with Gasteiger partial charge in [0.05, 0.1) is 23.3 Å². The highest BCUT2D eigenvalue weighted by molar-refractivity contribution is 9.10. The first-order chi connectivity index (χ1) is 14.6. The van der Waals surface area contributed by atoms with Crippen LogP contribution in [0.5, 0.6) is 0 Å². The second-order valence-corrected chi connectivity index (χ2v) is 10.7. The summed E-state index contributed by atoms with van der Waals surface area (Å²) in [6.07, 6.45) is 2.43. The molecule has 1 aromatic heterocycles. The van der Waals surface area contributed by atoms with Gasteiger partial charge in [-0.2, -0.15) is 0 Å². The van der Waals surface area contributed by atoms with Crippen LogP contribution in [0.3, 0.4) is 0 Å². The van der Waals surface area contributed by atoms with E-state index in [0.29, 0.717) is 10.2 Å². The summed E-state index contributed by atoms with van der Waals surface area (Å²) >= 11 is 3.34. The number of ether oxygens (including phenoxy) is 1. The van der Waals surface area contributed by atoms with Gasteiger partial charge in [0.15, 0.2) is 0 Å². The molecular formula is C22H24BrN3O4S. The van der Waals surface area contributed by atoms with Crippen LogP contribution in [0.4, 0.5) is 10.5 Å². The van der Waals surface area contributed by atoms with Crippen molar-refractivity contribution >= 4 is 48.5 Å². The molecule has 1 N–H and O–H groups in total. The number of rotatable bonds is 6. The van der Waals surface area contributed by atoms with Crippen molar-refractivity contribution in [2.24, 2.45) is 0 Å². The minimum atomic E-state index is -3.92. The van der Waals surface area contributed by atoms with E-state index in [1.807, 2.05) is 24.3 Å². The number of alkyl carbamates (subject to hydrolysis) is 1. The third-order valence-corrected chi connectivity index (χ3v) is 6.53. The largest absolute Gasteiger partial charge is 0.444 e. The normalized spacial score (nSPS) is 11.9. The average Bonchev–Trinajstić information content (AvgIpc) is 2.69. The van der Waals surface area contributed by atoms with Gasteiger partial charge in [0.1, 0.15) is 5.60 Å². The standard InChI is InChI=1S/C22H24BrN3O4S/c1-22(2,3)30-21(27)25-10-11-26(19-13-18(23)14-24-15-19)31(28,29)20-9-8-16-6-4-5-7-17(16)12-20/h4-9,12-15H,10-11H2,1-3H3,(H,25,27). The molecule has 3 aromatic rings. The number of pyridine rings is 1. The molecule has 0 bridgehead atoms. The highest BCUT2D eigenvalue weighted by Gasteiger charge is 2.26. The smallest absolute Gasteiger partial charge is 0.407 e. The number of carbonyl (C=O) groups is 1. The van der Waals surface area contributed by atoms with E-state index in [2.05, 4.69) is 26.2 Å². The topological polar surface area (TPSA) is 88.6 Å². The van der Waals surface area contributed by atoms with Crippen LogP contribution in [0.1, 0.15) is 20.8 Å². The van der Waals surface area contributed by atoms with Crippen LogP contribution in [-0.2, 0) is 14.8 Å². The van der Waals surface area contributed by atoms with Gasteiger partial charge in [-0.25, -0.2) is 13.2 Å². The fraction of sp³-hybridized carbons (Fsp3) is 0.273. The predicted octanol–water partition coefficient (Wildman–Crippen LogP) is 4.72. The lowest BCUT2D eigenvalue weighted by Crippen LogP contribution is -2.40. The summed E-state index contributed by atoms with van der Waals surface area (Å²) in [5, 5.41) is 4.38. The van der Waals surface area contributed by atoms with E-state index < -0.39 is 21.7 Å². The summed E-state index contributed by atoms with van der Waals surface area (Å²) in [5.41, 5.74) is -0.261. The van der Waals surface area contributed by atoms with Crippen molar-refractivity contribution in [2.45, 2.75) is 31.3 Å². The van der Waals surface area contributed by atoms with E-state index in [0.717, 1.165) is 10.8 Å². The number of nitrogens with zero attached hydrogens (tertiary/aromatic N) is 2. The van der Waals surface area contributed by atoms with Crippen molar-refractivity contribution in [1.82, 2.24) is 10.3 Å². The van der Waals surface area contributed by atoms with Gasteiger partial charge in [0.2, 0.25) is 0 Å². The number of hydrogen-bond donors (Lipinski definition) is 1. The molecule has 0 fully saturated rings. The minimum absolute atomic E-state index is 0.00648. The summed E-state index contributed by atoms with van der Waals surface area (Å²) in [6, 6.07) is 14.2. The first kappa shape index (κ1) is 23.0. The highest BCUT2D eigenvalue weighted by atomic mass is 79.9. The number of benzene rings is 2. The SMILES string of the molecule is CC(C)(C)OC(=O)NCCN(c1cncc(Br)c1)S(=O)(=O)c1ccc2ccccc2c1. The molecule has 0 unspecified atom stereocenters. The van der Waals surface area contributed by atoms with E-state index in [1.165, 1.54) is 10.5 Å². The van der Waals surface area contributed by atoms with E-state index in [-0.39, 0.29) is 18.0 Å². The molecule has 0 spiro atoms. The van der Waals surface area contributed by atoms with E-state index >= 15 is 0 Å². The average molecular weight is 506 g/mol. The molecule has 0 saturated carbocycles. The predicted molar refractivity (Wildman–Crippen MR) is 125 cm³/mol. The Hall–Kier alpha value is -2.65. The first-order valence-corrected chi connectivity index (χ1v) is 11.9. The summed E-state index contributed by atoms with van der Waals surface area (Å²) < 4.78 is 34.2. The second kappa shape index (κ2) is 9.23. The molecule has 2 aromatic carbocycles. The van der Waals surface area contributed by atoms with Gasteiger partial charge in [-0.05, 0) is 65.7 Å². The number of aromatic nitrogens is 1. The Bertz CT molecular complexity index is 1190. The van der Waals surface area contributed by atoms with Crippen molar-refractivity contribution in [3.8, 4) is 0 Å². The van der Waals surface area contributed by atoms with Crippen molar-refractivity contribution in [1.29, 1.82) is 0 Å². The molecule has 0 aliphatic heterocycles. The maximum absolute atomic E-state index is 13.5. The lowest BCUT2D eigenvalue weighted by atomic mass is 10.1. The summed E-state index contributed by atoms with van der Waals surface area (Å²) in [5.74, 6) is 0. The lowest BCUT2D eigenvalue weighted by Gasteiger charge is -2.25. The summed E-state index contributed by atoms with van der Waals surface area (Å²) in [4.78, 5) is 16.2. The quantitative estimate of drug-likeness (QED) is 0.523. The van der Waals surface area contributed by atoms with Crippen LogP contribution in [0.15, 0.2) is 70.3 Å². The van der Waals surface area contributed by atoms with E-state index in [1.54, 1.807) is 51.2 Å². The zero-order valence-electron chi connectivity index (χ0n) is 17.5. The van der Waals surface area contributed by atoms with E-state index in [9.17, 15) is 13.2 Å². The Kier molecular flexibility index (Phi) is 6.86. The number of halogens is 1. The van der Waals surface area contributed by atoms with Gasteiger partial charge in [0.25, 0.3) is 10.0 Å². The Balaban J connectivity index is 1.90. The van der Waals surface area contributed by atoms with Crippen LogP contribution in [0.2, 0.25) is 0 Å². The van der Waals surface area contributed by atoms with Gasteiger partial charge < -0.3 is 10.1 Å². The number of carbonyl (C=O) groups excluding carboxylic acids is 1. The number of fused-ring (bicyclic) bond motifs is 1. The number of sulfonamides is 1. The molecule has 0 aliphatic rings. The Morgan fingerprint density at radius 2 is 1.81 bits per heavy atom. The van der Waals surface area contributed by atoms with Gasteiger partial charge in [0, 0.05) is 17.2 Å². The van der Waals surface area contributed by atoms with Crippen molar-refractivity contribution in [2.75, 3.05) is 17.4 Å². The van der Waals surface area contributed by atoms with Crippen LogP contribution in [0.25, 0.3) is 10.8 Å². The molecule has 164 valence electrons. The molecule has 3 rings (SSSR count). The third-order valence-electron chi connectivity index (χ3n) is 4.27.